The third-order valence-electron chi connectivity index (χ3n) is 3.77. The molecule has 3 N–H and O–H groups in total. The van der Waals surface area contributed by atoms with Crippen LogP contribution in [0.2, 0.25) is 0 Å². The molecule has 5 nitrogen and oxygen atoms in total. The highest BCUT2D eigenvalue weighted by Crippen LogP contribution is 2.35. The largest absolute Gasteiger partial charge is 0.504 e. The van der Waals surface area contributed by atoms with Crippen LogP contribution in [0.5, 0.6) is 17.2 Å². The van der Waals surface area contributed by atoms with Gasteiger partial charge in [0.05, 0.1) is 5.56 Å². The van der Waals surface area contributed by atoms with E-state index in [1.54, 1.807) is 0 Å². The quantitative estimate of drug-likeness (QED) is 0.555. The Morgan fingerprint density at radius 1 is 1.08 bits per heavy atom. The number of esters is 1. The zero-order valence-corrected chi connectivity index (χ0v) is 13.8. The lowest BCUT2D eigenvalue weighted by Crippen LogP contribution is -2.20. The lowest BCUT2D eigenvalue weighted by molar-refractivity contribution is 0.0280. The first-order valence-electron chi connectivity index (χ1n) is 7.92. The van der Waals surface area contributed by atoms with Crippen LogP contribution >= 0.6 is 0 Å². The smallest absolute Gasteiger partial charge is 0.338 e. The molecule has 5 heteroatoms. The molecule has 0 aliphatic heterocycles. The van der Waals surface area contributed by atoms with Crippen molar-refractivity contribution in [2.45, 2.75) is 39.2 Å². The van der Waals surface area contributed by atoms with Crippen LogP contribution in [-0.2, 0) is 11.2 Å². The molecule has 0 bridgehead atoms. The summed E-state index contributed by atoms with van der Waals surface area (Å²) in [7, 11) is 0. The van der Waals surface area contributed by atoms with Crippen LogP contribution < -0.4 is 0 Å². The van der Waals surface area contributed by atoms with Crippen LogP contribution in [0.1, 0.15) is 41.3 Å². The van der Waals surface area contributed by atoms with Crippen LogP contribution in [0.25, 0.3) is 0 Å². The summed E-state index contributed by atoms with van der Waals surface area (Å²) in [6, 6.07) is 10.2. The number of hydrogen-bond donors (Lipinski definition) is 3. The van der Waals surface area contributed by atoms with Crippen molar-refractivity contribution in [2.24, 2.45) is 0 Å². The Hall–Kier alpha value is -2.69. The highest BCUT2D eigenvalue weighted by atomic mass is 16.5. The third-order valence-corrected chi connectivity index (χ3v) is 3.77. The molecular weight excluding hydrogens is 308 g/mol. The van der Waals surface area contributed by atoms with Crippen LogP contribution in [0, 0.1) is 6.92 Å². The Labute approximate surface area is 141 Å². The number of aromatic hydroxyl groups is 3. The van der Waals surface area contributed by atoms with E-state index in [0.29, 0.717) is 12.8 Å². The van der Waals surface area contributed by atoms with Gasteiger partial charge in [0.2, 0.25) is 0 Å². The highest BCUT2D eigenvalue weighted by Gasteiger charge is 2.19. The second kappa shape index (κ2) is 7.73. The minimum absolute atomic E-state index is 0.00666. The fourth-order valence-corrected chi connectivity index (χ4v) is 2.45. The van der Waals surface area contributed by atoms with Crippen molar-refractivity contribution in [3.05, 3.63) is 53.1 Å². The summed E-state index contributed by atoms with van der Waals surface area (Å²) >= 11 is 0. The highest BCUT2D eigenvalue weighted by molar-refractivity contribution is 5.91. The van der Waals surface area contributed by atoms with Crippen LogP contribution in [0.3, 0.4) is 0 Å². The van der Waals surface area contributed by atoms with E-state index in [1.807, 2.05) is 38.1 Å². The van der Waals surface area contributed by atoms with E-state index >= 15 is 0 Å². The molecule has 1 unspecified atom stereocenters. The van der Waals surface area contributed by atoms with E-state index in [0.717, 1.165) is 29.7 Å². The van der Waals surface area contributed by atoms with Crippen molar-refractivity contribution in [1.82, 2.24) is 0 Å². The number of phenols is 3. The maximum absolute atomic E-state index is 12.3. The van der Waals surface area contributed by atoms with Crippen LogP contribution in [-0.4, -0.2) is 27.4 Å². The number of carbonyl (C=O) groups excluding carboxylic acids is 1. The van der Waals surface area contributed by atoms with Crippen molar-refractivity contribution in [1.29, 1.82) is 0 Å². The van der Waals surface area contributed by atoms with Gasteiger partial charge in [-0.15, -0.1) is 0 Å². The number of phenolic OH excluding ortho intramolecular Hbond substituents is 3. The Morgan fingerprint density at radius 3 is 2.21 bits per heavy atom. The summed E-state index contributed by atoms with van der Waals surface area (Å²) in [6.45, 7) is 4.02. The molecule has 0 spiro atoms. The molecule has 2 aromatic rings. The lowest BCUT2D eigenvalue weighted by Gasteiger charge is -2.18. The van der Waals surface area contributed by atoms with Gasteiger partial charge in [-0.1, -0.05) is 43.2 Å². The van der Waals surface area contributed by atoms with Gasteiger partial charge in [0, 0.05) is 6.42 Å². The number of carbonyl (C=O) groups is 1. The van der Waals surface area contributed by atoms with E-state index in [9.17, 15) is 20.1 Å². The standard InChI is InChI=1S/C19H22O5/c1-3-4-15(9-13-7-5-12(2)6-8-13)24-19(23)14-10-16(20)18(22)17(21)11-14/h5-8,10-11,15,20-22H,3-4,9H2,1-2H3. The predicted octanol–water partition coefficient (Wildman–Crippen LogP) is 3.68. The molecule has 0 saturated carbocycles. The molecule has 24 heavy (non-hydrogen) atoms. The van der Waals surface area contributed by atoms with E-state index < -0.39 is 23.2 Å². The SMILES string of the molecule is CCCC(Cc1ccc(C)cc1)OC(=O)c1cc(O)c(O)c(O)c1. The van der Waals surface area contributed by atoms with Gasteiger partial charge in [-0.05, 0) is 31.0 Å². The van der Waals surface area contributed by atoms with E-state index in [1.165, 1.54) is 0 Å². The number of aryl methyl sites for hydroxylation is 1. The molecule has 128 valence electrons. The first kappa shape index (κ1) is 17.7. The fourth-order valence-electron chi connectivity index (χ4n) is 2.45. The number of ether oxygens (including phenoxy) is 1. The summed E-state index contributed by atoms with van der Waals surface area (Å²) in [5.41, 5.74) is 2.23. The fraction of sp³-hybridized carbons (Fsp3) is 0.316. The zero-order chi connectivity index (χ0) is 17.7. The minimum atomic E-state index is -0.656. The summed E-state index contributed by atoms with van der Waals surface area (Å²) in [4.78, 5) is 12.3. The average Bonchev–Trinajstić information content (AvgIpc) is 2.54. The number of benzene rings is 2. The van der Waals surface area contributed by atoms with Crippen molar-refractivity contribution in [3.63, 3.8) is 0 Å². The maximum Gasteiger partial charge on any atom is 0.338 e. The van der Waals surface area contributed by atoms with E-state index in [-0.39, 0.29) is 11.7 Å². The van der Waals surface area contributed by atoms with E-state index in [2.05, 4.69) is 0 Å². The van der Waals surface area contributed by atoms with E-state index in [4.69, 9.17) is 4.74 Å². The molecule has 0 fully saturated rings. The molecule has 0 aliphatic carbocycles. The molecule has 2 aromatic carbocycles. The molecule has 1 atom stereocenters. The van der Waals surface area contributed by atoms with Crippen molar-refractivity contribution in [2.75, 3.05) is 0 Å². The molecule has 0 aromatic heterocycles. The molecule has 0 heterocycles. The minimum Gasteiger partial charge on any atom is -0.504 e. The van der Waals surface area contributed by atoms with Crippen LogP contribution in [0.4, 0.5) is 0 Å². The normalized spacial score (nSPS) is 11.9. The average molecular weight is 330 g/mol. The first-order chi connectivity index (χ1) is 11.4. The van der Waals surface area contributed by atoms with Gasteiger partial charge in [-0.2, -0.15) is 0 Å². The summed E-state index contributed by atoms with van der Waals surface area (Å²) in [5.74, 6) is -2.43. The van der Waals surface area contributed by atoms with Crippen molar-refractivity contribution < 1.29 is 24.9 Å². The van der Waals surface area contributed by atoms with Gasteiger partial charge < -0.3 is 20.1 Å². The Morgan fingerprint density at radius 2 is 1.67 bits per heavy atom. The molecular formula is C19H22O5. The van der Waals surface area contributed by atoms with Crippen LogP contribution in [0.15, 0.2) is 36.4 Å². The molecule has 0 aliphatic rings. The Balaban J connectivity index is 2.12. The van der Waals surface area contributed by atoms with Gasteiger partial charge in [0.25, 0.3) is 0 Å². The second-order valence-corrected chi connectivity index (χ2v) is 5.87. The first-order valence-corrected chi connectivity index (χ1v) is 7.92. The number of rotatable bonds is 6. The number of hydrogen-bond acceptors (Lipinski definition) is 5. The van der Waals surface area contributed by atoms with Gasteiger partial charge in [-0.25, -0.2) is 4.79 Å². The van der Waals surface area contributed by atoms with Gasteiger partial charge in [-0.3, -0.25) is 0 Å². The summed E-state index contributed by atoms with van der Waals surface area (Å²) in [5, 5.41) is 28.4. The molecule has 0 radical (unpaired) electrons. The lowest BCUT2D eigenvalue weighted by atomic mass is 10.0. The summed E-state index contributed by atoms with van der Waals surface area (Å²) in [6.07, 6.45) is 1.85. The zero-order valence-electron chi connectivity index (χ0n) is 13.8. The van der Waals surface area contributed by atoms with Crippen molar-refractivity contribution >= 4 is 5.97 Å². The maximum atomic E-state index is 12.3. The van der Waals surface area contributed by atoms with Crippen molar-refractivity contribution in [3.8, 4) is 17.2 Å². The van der Waals surface area contributed by atoms with Gasteiger partial charge >= 0.3 is 5.97 Å². The predicted molar refractivity (Wildman–Crippen MR) is 90.4 cm³/mol. The topological polar surface area (TPSA) is 87.0 Å². The molecule has 2 rings (SSSR count). The molecule has 0 amide bonds. The Bertz CT molecular complexity index is 683. The summed E-state index contributed by atoms with van der Waals surface area (Å²) < 4.78 is 5.52. The second-order valence-electron chi connectivity index (χ2n) is 5.87. The monoisotopic (exact) mass is 330 g/mol. The van der Waals surface area contributed by atoms with Gasteiger partial charge in [0.15, 0.2) is 17.2 Å². The molecule has 0 saturated heterocycles. The third kappa shape index (κ3) is 4.41. The van der Waals surface area contributed by atoms with Gasteiger partial charge in [0.1, 0.15) is 6.10 Å². The Kier molecular flexibility index (Phi) is 5.68.